The molecule has 1 fully saturated rings. The molecule has 1 aromatic carbocycles. The number of phenols is 1. The van der Waals surface area contributed by atoms with Crippen molar-refractivity contribution < 1.29 is 27.8 Å². The first kappa shape index (κ1) is 18.4. The molecule has 0 aliphatic heterocycles. The summed E-state index contributed by atoms with van der Waals surface area (Å²) in [4.78, 5) is 12.1. The molecule has 2 atom stereocenters. The van der Waals surface area contributed by atoms with Crippen LogP contribution in [0.5, 0.6) is 11.5 Å². The highest BCUT2D eigenvalue weighted by Crippen LogP contribution is 2.39. The summed E-state index contributed by atoms with van der Waals surface area (Å²) < 4.78 is 43.4. The number of methoxy groups -OCH3 is 1. The molecule has 24 heavy (non-hydrogen) atoms. The second-order valence-corrected chi connectivity index (χ2v) is 6.14. The van der Waals surface area contributed by atoms with Gasteiger partial charge in [0, 0.05) is 18.5 Å². The lowest BCUT2D eigenvalue weighted by Gasteiger charge is -2.29. The van der Waals surface area contributed by atoms with Gasteiger partial charge in [-0.3, -0.25) is 4.79 Å². The topological polar surface area (TPSA) is 58.6 Å². The van der Waals surface area contributed by atoms with Crippen LogP contribution in [-0.2, 0) is 11.2 Å². The number of rotatable bonds is 5. The van der Waals surface area contributed by atoms with E-state index in [1.54, 1.807) is 12.1 Å². The number of ether oxygens (including phenoxy) is 1. The highest BCUT2D eigenvalue weighted by Gasteiger charge is 2.43. The van der Waals surface area contributed by atoms with Gasteiger partial charge in [-0.25, -0.2) is 0 Å². The van der Waals surface area contributed by atoms with Crippen LogP contribution >= 0.6 is 0 Å². The molecule has 0 radical (unpaired) electrons. The van der Waals surface area contributed by atoms with Crippen molar-refractivity contribution in [2.24, 2.45) is 11.8 Å². The molecule has 0 spiro atoms. The molecule has 0 heterocycles. The number of hydrogen-bond acceptors (Lipinski definition) is 3. The SMILES string of the molecule is COc1ccc(CCNC(=O)[C@H]2CCC[C@@H](C(F)(F)F)C2)c(O)c1. The van der Waals surface area contributed by atoms with Crippen molar-refractivity contribution in [1.29, 1.82) is 0 Å². The fourth-order valence-electron chi connectivity index (χ4n) is 3.07. The zero-order valence-electron chi connectivity index (χ0n) is 13.5. The van der Waals surface area contributed by atoms with Crippen LogP contribution in [0.15, 0.2) is 18.2 Å². The normalized spacial score (nSPS) is 21.3. The molecule has 7 heteroatoms. The van der Waals surface area contributed by atoms with E-state index in [1.165, 1.54) is 13.2 Å². The lowest BCUT2D eigenvalue weighted by atomic mass is 9.80. The summed E-state index contributed by atoms with van der Waals surface area (Å²) in [5.41, 5.74) is 0.646. The Morgan fingerprint density at radius 2 is 2.12 bits per heavy atom. The number of benzene rings is 1. The summed E-state index contributed by atoms with van der Waals surface area (Å²) >= 11 is 0. The lowest BCUT2D eigenvalue weighted by molar-refractivity contribution is -0.186. The first-order valence-corrected chi connectivity index (χ1v) is 8.01. The summed E-state index contributed by atoms with van der Waals surface area (Å²) in [6.07, 6.45) is -2.95. The Hall–Kier alpha value is -1.92. The maximum absolute atomic E-state index is 12.8. The molecule has 1 amide bonds. The number of phenolic OH excluding ortho intramolecular Hbond substituents is 1. The average Bonchev–Trinajstić information content (AvgIpc) is 2.55. The van der Waals surface area contributed by atoms with Crippen molar-refractivity contribution in [3.8, 4) is 11.5 Å². The smallest absolute Gasteiger partial charge is 0.391 e. The summed E-state index contributed by atoms with van der Waals surface area (Å²) in [5.74, 6) is -1.71. The molecule has 0 aromatic heterocycles. The summed E-state index contributed by atoms with van der Waals surface area (Å²) in [5, 5.41) is 12.5. The Bertz CT molecular complexity index is 575. The quantitative estimate of drug-likeness (QED) is 0.860. The van der Waals surface area contributed by atoms with Gasteiger partial charge in [-0.1, -0.05) is 12.5 Å². The Kier molecular flexibility index (Phi) is 5.96. The number of halogens is 3. The Morgan fingerprint density at radius 3 is 2.75 bits per heavy atom. The molecule has 0 bridgehead atoms. The van der Waals surface area contributed by atoms with Crippen molar-refractivity contribution in [3.05, 3.63) is 23.8 Å². The minimum atomic E-state index is -4.23. The fourth-order valence-corrected chi connectivity index (χ4v) is 3.07. The molecule has 1 aliphatic rings. The van der Waals surface area contributed by atoms with E-state index in [2.05, 4.69) is 5.32 Å². The van der Waals surface area contributed by atoms with Crippen molar-refractivity contribution in [3.63, 3.8) is 0 Å². The molecule has 0 saturated heterocycles. The maximum atomic E-state index is 12.8. The van der Waals surface area contributed by atoms with Crippen LogP contribution in [0.1, 0.15) is 31.2 Å². The molecule has 1 aromatic rings. The van der Waals surface area contributed by atoms with Crippen molar-refractivity contribution >= 4 is 5.91 Å². The van der Waals surface area contributed by atoms with Gasteiger partial charge in [-0.15, -0.1) is 0 Å². The van der Waals surface area contributed by atoms with Gasteiger partial charge in [-0.2, -0.15) is 13.2 Å². The van der Waals surface area contributed by atoms with Gasteiger partial charge in [0.05, 0.1) is 13.0 Å². The number of aromatic hydroxyl groups is 1. The minimum Gasteiger partial charge on any atom is -0.508 e. The summed E-state index contributed by atoms with van der Waals surface area (Å²) in [6.45, 7) is 0.270. The van der Waals surface area contributed by atoms with E-state index in [-0.39, 0.29) is 31.0 Å². The second-order valence-electron chi connectivity index (χ2n) is 6.14. The minimum absolute atomic E-state index is 0.0680. The van der Waals surface area contributed by atoms with E-state index in [1.807, 2.05) is 0 Å². The number of hydrogen-bond donors (Lipinski definition) is 2. The average molecular weight is 345 g/mol. The molecule has 2 rings (SSSR count). The molecular weight excluding hydrogens is 323 g/mol. The lowest BCUT2D eigenvalue weighted by Crippen LogP contribution is -2.38. The van der Waals surface area contributed by atoms with Gasteiger partial charge < -0.3 is 15.2 Å². The first-order chi connectivity index (χ1) is 11.3. The summed E-state index contributed by atoms with van der Waals surface area (Å²) in [7, 11) is 1.49. The third-order valence-electron chi connectivity index (χ3n) is 4.49. The number of carbonyl (C=O) groups excluding carboxylic acids is 1. The Balaban J connectivity index is 1.83. The van der Waals surface area contributed by atoms with E-state index in [0.717, 1.165) is 0 Å². The van der Waals surface area contributed by atoms with E-state index in [0.29, 0.717) is 30.6 Å². The van der Waals surface area contributed by atoms with Crippen molar-refractivity contribution in [2.45, 2.75) is 38.3 Å². The maximum Gasteiger partial charge on any atom is 0.391 e. The van der Waals surface area contributed by atoms with Gasteiger partial charge in [0.1, 0.15) is 11.5 Å². The van der Waals surface area contributed by atoms with Crippen LogP contribution < -0.4 is 10.1 Å². The molecular formula is C17H22F3NO3. The molecule has 1 aliphatic carbocycles. The van der Waals surface area contributed by atoms with E-state index in [4.69, 9.17) is 4.74 Å². The van der Waals surface area contributed by atoms with Gasteiger partial charge in [0.2, 0.25) is 5.91 Å². The molecule has 2 N–H and O–H groups in total. The predicted octanol–water partition coefficient (Wildman–Crippen LogP) is 3.43. The predicted molar refractivity (Wildman–Crippen MR) is 82.9 cm³/mol. The Labute approximate surface area is 139 Å². The van der Waals surface area contributed by atoms with Gasteiger partial charge in [0.25, 0.3) is 0 Å². The number of carbonyl (C=O) groups is 1. The third kappa shape index (κ3) is 4.79. The zero-order valence-corrected chi connectivity index (χ0v) is 13.5. The molecule has 1 saturated carbocycles. The largest absolute Gasteiger partial charge is 0.508 e. The second kappa shape index (κ2) is 7.77. The van der Waals surface area contributed by atoms with Crippen LogP contribution in [-0.4, -0.2) is 30.8 Å². The van der Waals surface area contributed by atoms with Gasteiger partial charge in [-0.05, 0) is 37.3 Å². The van der Waals surface area contributed by atoms with Gasteiger partial charge in [0.15, 0.2) is 0 Å². The van der Waals surface area contributed by atoms with Crippen LogP contribution in [0.25, 0.3) is 0 Å². The van der Waals surface area contributed by atoms with Crippen molar-refractivity contribution in [1.82, 2.24) is 5.32 Å². The van der Waals surface area contributed by atoms with Crippen molar-refractivity contribution in [2.75, 3.05) is 13.7 Å². The third-order valence-corrected chi connectivity index (χ3v) is 4.49. The van der Waals surface area contributed by atoms with E-state index < -0.39 is 18.0 Å². The standard InChI is InChI=1S/C17H22F3NO3/c1-24-14-6-5-11(15(22)10-14)7-8-21-16(23)12-3-2-4-13(9-12)17(18,19)20/h5-6,10,12-13,22H,2-4,7-9H2,1H3,(H,21,23)/t12-,13+/m0/s1. The number of amides is 1. The number of nitrogens with one attached hydrogen (secondary N) is 1. The Morgan fingerprint density at radius 1 is 1.38 bits per heavy atom. The van der Waals surface area contributed by atoms with Crippen LogP contribution in [0, 0.1) is 11.8 Å². The van der Waals surface area contributed by atoms with Crippen LogP contribution in [0.2, 0.25) is 0 Å². The molecule has 134 valence electrons. The summed E-state index contributed by atoms with van der Waals surface area (Å²) in [6, 6.07) is 4.87. The highest BCUT2D eigenvalue weighted by molar-refractivity contribution is 5.78. The highest BCUT2D eigenvalue weighted by atomic mass is 19.4. The monoisotopic (exact) mass is 345 g/mol. The number of alkyl halides is 3. The van der Waals surface area contributed by atoms with Gasteiger partial charge >= 0.3 is 6.18 Å². The fraction of sp³-hybridized carbons (Fsp3) is 0.588. The molecule has 0 unspecified atom stereocenters. The zero-order chi connectivity index (χ0) is 17.7. The van der Waals surface area contributed by atoms with E-state index in [9.17, 15) is 23.1 Å². The van der Waals surface area contributed by atoms with Crippen LogP contribution in [0.3, 0.4) is 0 Å². The first-order valence-electron chi connectivity index (χ1n) is 8.01. The van der Waals surface area contributed by atoms with E-state index >= 15 is 0 Å². The molecule has 4 nitrogen and oxygen atoms in total. The van der Waals surface area contributed by atoms with Crippen LogP contribution in [0.4, 0.5) is 13.2 Å².